The van der Waals surface area contributed by atoms with Crippen LogP contribution in [-0.2, 0) is 9.47 Å². The number of nitrogens with one attached hydrogen (secondary N) is 1. The van der Waals surface area contributed by atoms with Gasteiger partial charge >= 0.3 is 0 Å². The van der Waals surface area contributed by atoms with Crippen molar-refractivity contribution in [1.29, 1.82) is 0 Å². The standard InChI is InChI=1S/C15H20N2O2/c1-15(2)18-9-12(19-15)8-13(16)11-4-3-10-5-6-17-14(10)7-11/h3-7,12-13,17H,8-9,16H2,1-2H3. The highest BCUT2D eigenvalue weighted by atomic mass is 16.7. The highest BCUT2D eigenvalue weighted by Gasteiger charge is 2.33. The summed E-state index contributed by atoms with van der Waals surface area (Å²) in [4.78, 5) is 3.21. The van der Waals surface area contributed by atoms with E-state index in [1.807, 2.05) is 20.0 Å². The molecule has 1 aliphatic rings. The van der Waals surface area contributed by atoms with Gasteiger partial charge in [-0.15, -0.1) is 0 Å². The zero-order valence-corrected chi connectivity index (χ0v) is 11.3. The lowest BCUT2D eigenvalue weighted by Crippen LogP contribution is -2.24. The van der Waals surface area contributed by atoms with Gasteiger partial charge in [0.2, 0.25) is 0 Å². The maximum atomic E-state index is 6.27. The van der Waals surface area contributed by atoms with Crippen LogP contribution < -0.4 is 5.73 Å². The number of hydrogen-bond acceptors (Lipinski definition) is 3. The monoisotopic (exact) mass is 260 g/mol. The number of hydrogen-bond donors (Lipinski definition) is 2. The number of benzene rings is 1. The molecule has 2 heterocycles. The Hall–Kier alpha value is -1.36. The maximum Gasteiger partial charge on any atom is 0.163 e. The van der Waals surface area contributed by atoms with Gasteiger partial charge in [-0.3, -0.25) is 0 Å². The molecule has 4 nitrogen and oxygen atoms in total. The first-order chi connectivity index (χ1) is 9.03. The summed E-state index contributed by atoms with van der Waals surface area (Å²) in [5, 5.41) is 1.21. The molecule has 0 saturated carbocycles. The van der Waals surface area contributed by atoms with Crippen LogP contribution in [0.25, 0.3) is 10.9 Å². The minimum Gasteiger partial charge on any atom is -0.361 e. The van der Waals surface area contributed by atoms with E-state index in [0.29, 0.717) is 6.61 Å². The minimum absolute atomic E-state index is 0.0322. The first-order valence-electron chi connectivity index (χ1n) is 6.68. The van der Waals surface area contributed by atoms with E-state index in [4.69, 9.17) is 15.2 Å². The van der Waals surface area contributed by atoms with E-state index in [-0.39, 0.29) is 12.1 Å². The van der Waals surface area contributed by atoms with E-state index >= 15 is 0 Å². The third kappa shape index (κ3) is 2.66. The quantitative estimate of drug-likeness (QED) is 0.892. The topological polar surface area (TPSA) is 60.3 Å². The van der Waals surface area contributed by atoms with Gasteiger partial charge in [-0.05, 0) is 43.4 Å². The third-order valence-corrected chi connectivity index (χ3v) is 3.59. The smallest absolute Gasteiger partial charge is 0.163 e. The number of ether oxygens (including phenoxy) is 2. The lowest BCUT2D eigenvalue weighted by atomic mass is 10.0. The van der Waals surface area contributed by atoms with Gasteiger partial charge < -0.3 is 20.2 Å². The van der Waals surface area contributed by atoms with Gasteiger partial charge in [0.25, 0.3) is 0 Å². The van der Waals surface area contributed by atoms with Crippen LogP contribution in [0, 0.1) is 0 Å². The van der Waals surface area contributed by atoms with Crippen LogP contribution in [0.2, 0.25) is 0 Å². The van der Waals surface area contributed by atoms with E-state index in [1.165, 1.54) is 5.39 Å². The molecule has 1 aliphatic heterocycles. The van der Waals surface area contributed by atoms with Crippen LogP contribution in [-0.4, -0.2) is 23.5 Å². The van der Waals surface area contributed by atoms with E-state index in [2.05, 4.69) is 29.2 Å². The summed E-state index contributed by atoms with van der Waals surface area (Å²) in [6.45, 7) is 4.48. The zero-order valence-electron chi connectivity index (χ0n) is 11.3. The summed E-state index contributed by atoms with van der Waals surface area (Å²) in [6, 6.07) is 8.32. The largest absolute Gasteiger partial charge is 0.361 e. The van der Waals surface area contributed by atoms with Crippen LogP contribution in [0.4, 0.5) is 0 Å². The van der Waals surface area contributed by atoms with Gasteiger partial charge in [0.15, 0.2) is 5.79 Å². The molecule has 1 aromatic carbocycles. The molecule has 1 saturated heterocycles. The van der Waals surface area contributed by atoms with Gasteiger partial charge in [0, 0.05) is 17.8 Å². The molecule has 0 aliphatic carbocycles. The van der Waals surface area contributed by atoms with Crippen molar-refractivity contribution < 1.29 is 9.47 Å². The Morgan fingerprint density at radius 2 is 2.26 bits per heavy atom. The Balaban J connectivity index is 1.71. The molecule has 2 aromatic rings. The van der Waals surface area contributed by atoms with Crippen LogP contribution in [0.5, 0.6) is 0 Å². The Labute approximate surface area is 112 Å². The van der Waals surface area contributed by atoms with Crippen molar-refractivity contribution in [2.75, 3.05) is 6.61 Å². The summed E-state index contributed by atoms with van der Waals surface area (Å²) in [7, 11) is 0. The molecule has 0 amide bonds. The van der Waals surface area contributed by atoms with Crippen molar-refractivity contribution in [3.05, 3.63) is 36.0 Å². The first kappa shape index (κ1) is 12.7. The SMILES string of the molecule is CC1(C)OCC(CC(N)c2ccc3cc[nH]c3c2)O1. The minimum atomic E-state index is -0.478. The molecular weight excluding hydrogens is 240 g/mol. The Morgan fingerprint density at radius 3 is 3.00 bits per heavy atom. The molecule has 0 spiro atoms. The number of aromatic amines is 1. The predicted octanol–water partition coefficient (Wildman–Crippen LogP) is 2.71. The lowest BCUT2D eigenvalue weighted by molar-refractivity contribution is -0.139. The summed E-state index contributed by atoms with van der Waals surface area (Å²) >= 11 is 0. The maximum absolute atomic E-state index is 6.27. The fraction of sp³-hybridized carbons (Fsp3) is 0.467. The molecule has 3 rings (SSSR count). The van der Waals surface area contributed by atoms with Crippen LogP contribution in [0.15, 0.2) is 30.5 Å². The Kier molecular flexibility index (Phi) is 3.09. The van der Waals surface area contributed by atoms with Crippen molar-refractivity contribution in [2.24, 2.45) is 5.73 Å². The van der Waals surface area contributed by atoms with Gasteiger partial charge in [-0.25, -0.2) is 0 Å². The molecule has 102 valence electrons. The Morgan fingerprint density at radius 1 is 1.42 bits per heavy atom. The highest BCUT2D eigenvalue weighted by Crippen LogP contribution is 2.28. The van der Waals surface area contributed by atoms with Crippen molar-refractivity contribution in [1.82, 2.24) is 4.98 Å². The van der Waals surface area contributed by atoms with Crippen molar-refractivity contribution in [3.8, 4) is 0 Å². The van der Waals surface area contributed by atoms with Crippen LogP contribution in [0.1, 0.15) is 31.9 Å². The molecule has 2 unspecified atom stereocenters. The second-order valence-corrected chi connectivity index (χ2v) is 5.62. The van der Waals surface area contributed by atoms with Crippen molar-refractivity contribution in [2.45, 2.75) is 38.2 Å². The zero-order chi connectivity index (χ0) is 13.5. The second kappa shape index (κ2) is 4.63. The average Bonchev–Trinajstić information content (AvgIpc) is 2.94. The van der Waals surface area contributed by atoms with E-state index < -0.39 is 5.79 Å². The second-order valence-electron chi connectivity index (χ2n) is 5.62. The number of rotatable bonds is 3. The molecule has 3 N–H and O–H groups in total. The molecule has 2 atom stereocenters. The summed E-state index contributed by atoms with van der Waals surface area (Å²) in [5.41, 5.74) is 8.52. The molecule has 19 heavy (non-hydrogen) atoms. The summed E-state index contributed by atoms with van der Waals surface area (Å²) in [5.74, 6) is -0.478. The van der Waals surface area contributed by atoms with E-state index in [1.54, 1.807) is 0 Å². The van der Waals surface area contributed by atoms with Gasteiger partial charge in [0.1, 0.15) is 0 Å². The van der Waals surface area contributed by atoms with Gasteiger partial charge in [0.05, 0.1) is 12.7 Å². The van der Waals surface area contributed by atoms with Gasteiger partial charge in [-0.2, -0.15) is 0 Å². The molecule has 0 bridgehead atoms. The number of H-pyrrole nitrogens is 1. The Bertz CT molecular complexity index is 576. The average molecular weight is 260 g/mol. The summed E-state index contributed by atoms with van der Waals surface area (Å²) in [6.07, 6.45) is 2.79. The first-order valence-corrected chi connectivity index (χ1v) is 6.68. The van der Waals surface area contributed by atoms with Crippen molar-refractivity contribution >= 4 is 10.9 Å². The molecule has 1 aromatic heterocycles. The molecule has 1 fully saturated rings. The fourth-order valence-corrected chi connectivity index (χ4v) is 2.59. The van der Waals surface area contributed by atoms with Crippen LogP contribution in [0.3, 0.4) is 0 Å². The van der Waals surface area contributed by atoms with Gasteiger partial charge in [-0.1, -0.05) is 12.1 Å². The lowest BCUT2D eigenvalue weighted by Gasteiger charge is -2.19. The molecule has 4 heteroatoms. The third-order valence-electron chi connectivity index (χ3n) is 3.59. The highest BCUT2D eigenvalue weighted by molar-refractivity contribution is 5.79. The molecular formula is C15H20N2O2. The van der Waals surface area contributed by atoms with Crippen LogP contribution >= 0.6 is 0 Å². The summed E-state index contributed by atoms with van der Waals surface area (Å²) < 4.78 is 11.4. The van der Waals surface area contributed by atoms with E-state index in [0.717, 1.165) is 17.5 Å². The molecule has 0 radical (unpaired) electrons. The number of nitrogens with two attached hydrogens (primary N) is 1. The fourth-order valence-electron chi connectivity index (χ4n) is 2.59. The van der Waals surface area contributed by atoms with E-state index in [9.17, 15) is 0 Å². The normalized spacial score (nSPS) is 23.8. The predicted molar refractivity (Wildman–Crippen MR) is 74.7 cm³/mol. The van der Waals surface area contributed by atoms with Crippen molar-refractivity contribution in [3.63, 3.8) is 0 Å². The number of fused-ring (bicyclic) bond motifs is 1. The number of aromatic nitrogens is 1.